The molecule has 4 aromatic rings. The second-order valence-corrected chi connectivity index (χ2v) is 6.70. The Kier molecular flexibility index (Phi) is 4.36. The van der Waals surface area contributed by atoms with Gasteiger partial charge in [-0.1, -0.05) is 23.7 Å². The van der Waals surface area contributed by atoms with Gasteiger partial charge in [0.2, 0.25) is 0 Å². The second kappa shape index (κ2) is 6.82. The van der Waals surface area contributed by atoms with Gasteiger partial charge >= 0.3 is 0 Å². The number of thiazole rings is 1. The fourth-order valence-corrected chi connectivity index (χ4v) is 3.61. The van der Waals surface area contributed by atoms with E-state index in [4.69, 9.17) is 11.6 Å². The lowest BCUT2D eigenvalue weighted by Gasteiger charge is -2.04. The fraction of sp³-hybridized carbons (Fsp3) is 0. The molecular weight excluding hydrogens is 373 g/mol. The minimum atomic E-state index is -0.358. The van der Waals surface area contributed by atoms with Crippen LogP contribution in [0.5, 0.6) is 0 Å². The van der Waals surface area contributed by atoms with Crippen LogP contribution >= 0.6 is 22.9 Å². The van der Waals surface area contributed by atoms with Crippen molar-refractivity contribution < 1.29 is 4.39 Å². The molecule has 1 aromatic carbocycles. The molecular formula is C19H11ClFN3OS. The molecule has 4 rings (SSSR count). The van der Waals surface area contributed by atoms with Gasteiger partial charge in [0.1, 0.15) is 10.8 Å². The van der Waals surface area contributed by atoms with Gasteiger partial charge in [-0.2, -0.15) is 0 Å². The lowest BCUT2D eigenvalue weighted by Crippen LogP contribution is -2.16. The highest BCUT2D eigenvalue weighted by atomic mass is 35.5. The third-order valence-corrected chi connectivity index (χ3v) is 4.98. The van der Waals surface area contributed by atoms with Crippen molar-refractivity contribution in [1.29, 1.82) is 0 Å². The van der Waals surface area contributed by atoms with Gasteiger partial charge in [-0.3, -0.25) is 9.78 Å². The van der Waals surface area contributed by atoms with Gasteiger partial charge in [0.25, 0.3) is 5.56 Å². The predicted octanol–water partition coefficient (Wildman–Crippen LogP) is 4.78. The van der Waals surface area contributed by atoms with Crippen LogP contribution in [0.1, 0.15) is 11.3 Å². The zero-order valence-electron chi connectivity index (χ0n) is 13.3. The first kappa shape index (κ1) is 16.6. The quantitative estimate of drug-likeness (QED) is 0.511. The Morgan fingerprint density at radius 1 is 1.15 bits per heavy atom. The van der Waals surface area contributed by atoms with Crippen molar-refractivity contribution in [2.75, 3.05) is 0 Å². The molecule has 0 radical (unpaired) electrons. The van der Waals surface area contributed by atoms with Gasteiger partial charge in [-0.15, -0.1) is 11.3 Å². The molecule has 0 saturated heterocycles. The van der Waals surface area contributed by atoms with E-state index < -0.39 is 0 Å². The van der Waals surface area contributed by atoms with Crippen molar-refractivity contribution in [3.63, 3.8) is 0 Å². The summed E-state index contributed by atoms with van der Waals surface area (Å²) in [4.78, 5) is 21.8. The number of rotatable bonds is 3. The van der Waals surface area contributed by atoms with Crippen LogP contribution < -0.4 is 5.56 Å². The minimum Gasteiger partial charge on any atom is -0.267 e. The Morgan fingerprint density at radius 3 is 2.69 bits per heavy atom. The summed E-state index contributed by atoms with van der Waals surface area (Å²) in [6.07, 6.45) is 6.88. The summed E-state index contributed by atoms with van der Waals surface area (Å²) in [5.74, 6) is -0.334. The van der Waals surface area contributed by atoms with E-state index in [9.17, 15) is 9.18 Å². The van der Waals surface area contributed by atoms with Crippen LogP contribution in [0.15, 0.2) is 59.0 Å². The van der Waals surface area contributed by atoms with Gasteiger partial charge < -0.3 is 0 Å². The molecule has 0 fully saturated rings. The smallest absolute Gasteiger partial charge is 0.267 e. The number of hydrogen-bond donors (Lipinski definition) is 0. The van der Waals surface area contributed by atoms with Crippen molar-refractivity contribution in [1.82, 2.24) is 14.4 Å². The second-order valence-electron chi connectivity index (χ2n) is 5.48. The first-order chi connectivity index (χ1) is 12.6. The lowest BCUT2D eigenvalue weighted by molar-refractivity contribution is 0.628. The summed E-state index contributed by atoms with van der Waals surface area (Å²) >= 11 is 7.59. The van der Waals surface area contributed by atoms with E-state index >= 15 is 0 Å². The molecule has 0 aliphatic heterocycles. The standard InChI is InChI=1S/C19H11ClFN3OS/c20-17-15(8-3-12-2-1-9-22-10-12)23-19-24(18(17)25)16(11-26-19)13-4-6-14(21)7-5-13/h1-11H/b8-3+. The van der Waals surface area contributed by atoms with Crippen molar-refractivity contribution >= 4 is 40.1 Å². The Balaban J connectivity index is 1.82. The van der Waals surface area contributed by atoms with Gasteiger partial charge in [0.05, 0.1) is 11.4 Å². The van der Waals surface area contributed by atoms with Crippen molar-refractivity contribution in [2.24, 2.45) is 0 Å². The zero-order valence-corrected chi connectivity index (χ0v) is 14.8. The van der Waals surface area contributed by atoms with E-state index in [0.29, 0.717) is 16.3 Å². The molecule has 0 aliphatic rings. The van der Waals surface area contributed by atoms with Crippen LogP contribution in [0, 0.1) is 5.82 Å². The number of nitrogens with zero attached hydrogens (tertiary/aromatic N) is 3. The molecule has 0 aliphatic carbocycles. The molecule has 3 heterocycles. The molecule has 0 atom stereocenters. The Bertz CT molecular complexity index is 1170. The average molecular weight is 384 g/mol. The molecule has 26 heavy (non-hydrogen) atoms. The number of fused-ring (bicyclic) bond motifs is 1. The average Bonchev–Trinajstić information content (AvgIpc) is 3.09. The maximum atomic E-state index is 13.2. The van der Waals surface area contributed by atoms with Gasteiger partial charge in [0.15, 0.2) is 4.96 Å². The van der Waals surface area contributed by atoms with Gasteiger partial charge in [0, 0.05) is 17.8 Å². The zero-order chi connectivity index (χ0) is 18.1. The normalized spacial score (nSPS) is 11.5. The van der Waals surface area contributed by atoms with Crippen molar-refractivity contribution in [2.45, 2.75) is 0 Å². The van der Waals surface area contributed by atoms with Crippen LogP contribution in [0.3, 0.4) is 0 Å². The largest absolute Gasteiger partial charge is 0.278 e. The highest BCUT2D eigenvalue weighted by Gasteiger charge is 2.14. The molecule has 0 N–H and O–H groups in total. The fourth-order valence-electron chi connectivity index (χ4n) is 2.53. The molecule has 0 saturated carbocycles. The van der Waals surface area contributed by atoms with E-state index in [-0.39, 0.29) is 16.4 Å². The first-order valence-electron chi connectivity index (χ1n) is 7.67. The summed E-state index contributed by atoms with van der Waals surface area (Å²) in [7, 11) is 0. The lowest BCUT2D eigenvalue weighted by atomic mass is 10.2. The molecule has 3 aromatic heterocycles. The van der Waals surface area contributed by atoms with E-state index in [0.717, 1.165) is 11.1 Å². The number of pyridine rings is 1. The Morgan fingerprint density at radius 2 is 1.96 bits per heavy atom. The van der Waals surface area contributed by atoms with E-state index in [1.165, 1.54) is 27.9 Å². The molecule has 0 unspecified atom stereocenters. The SMILES string of the molecule is O=c1c(Cl)c(/C=C/c2cccnc2)nc2scc(-c3ccc(F)cc3)n12. The number of hydrogen-bond acceptors (Lipinski definition) is 4. The van der Waals surface area contributed by atoms with E-state index in [1.807, 2.05) is 17.5 Å². The molecule has 4 nitrogen and oxygen atoms in total. The van der Waals surface area contributed by atoms with Crippen LogP contribution in [0.2, 0.25) is 5.02 Å². The van der Waals surface area contributed by atoms with Crippen LogP contribution in [-0.2, 0) is 0 Å². The monoisotopic (exact) mass is 383 g/mol. The van der Waals surface area contributed by atoms with Crippen LogP contribution in [0.25, 0.3) is 28.4 Å². The summed E-state index contributed by atoms with van der Waals surface area (Å²) in [6.45, 7) is 0. The molecule has 0 bridgehead atoms. The summed E-state index contributed by atoms with van der Waals surface area (Å²) in [5, 5.41) is 1.84. The van der Waals surface area contributed by atoms with E-state index in [2.05, 4.69) is 9.97 Å². The van der Waals surface area contributed by atoms with E-state index in [1.54, 1.807) is 36.7 Å². The molecule has 0 spiro atoms. The summed E-state index contributed by atoms with van der Waals surface area (Å²) < 4.78 is 14.6. The number of halogens is 2. The Labute approximate surface area is 156 Å². The van der Waals surface area contributed by atoms with Crippen LogP contribution in [-0.4, -0.2) is 14.4 Å². The summed E-state index contributed by atoms with van der Waals surface area (Å²) in [5.41, 5.74) is 2.27. The third kappa shape index (κ3) is 3.05. The summed E-state index contributed by atoms with van der Waals surface area (Å²) in [6, 6.07) is 9.65. The number of aromatic nitrogens is 3. The first-order valence-corrected chi connectivity index (χ1v) is 8.93. The maximum absolute atomic E-state index is 13.2. The van der Waals surface area contributed by atoms with Gasteiger partial charge in [-0.25, -0.2) is 13.8 Å². The number of benzene rings is 1. The van der Waals surface area contributed by atoms with Gasteiger partial charge in [-0.05, 0) is 47.5 Å². The Hall–Kier alpha value is -2.83. The third-order valence-electron chi connectivity index (χ3n) is 3.80. The van der Waals surface area contributed by atoms with Crippen molar-refractivity contribution in [3.05, 3.63) is 86.6 Å². The molecule has 128 valence electrons. The topological polar surface area (TPSA) is 47.3 Å². The maximum Gasteiger partial charge on any atom is 0.278 e. The predicted molar refractivity (Wildman–Crippen MR) is 103 cm³/mol. The molecule has 0 amide bonds. The minimum absolute atomic E-state index is 0.0319. The highest BCUT2D eigenvalue weighted by molar-refractivity contribution is 7.15. The van der Waals surface area contributed by atoms with Crippen LogP contribution in [0.4, 0.5) is 4.39 Å². The van der Waals surface area contributed by atoms with Crippen molar-refractivity contribution in [3.8, 4) is 11.3 Å². The highest BCUT2D eigenvalue weighted by Crippen LogP contribution is 2.26. The molecule has 7 heteroatoms.